The van der Waals surface area contributed by atoms with Gasteiger partial charge in [-0.15, -0.1) is 0 Å². The zero-order valence-electron chi connectivity index (χ0n) is 18.7. The van der Waals surface area contributed by atoms with Crippen LogP contribution in [0.5, 0.6) is 5.75 Å². The number of methoxy groups -OCH3 is 1. The summed E-state index contributed by atoms with van der Waals surface area (Å²) in [5.41, 5.74) is 4.93. The van der Waals surface area contributed by atoms with Crippen LogP contribution in [0, 0.1) is 0 Å². The molecule has 0 spiro atoms. The molecule has 0 saturated heterocycles. The summed E-state index contributed by atoms with van der Waals surface area (Å²) in [6.07, 6.45) is 3.01. The lowest BCUT2D eigenvalue weighted by Crippen LogP contribution is -2.32. The minimum atomic E-state index is -0.591. The van der Waals surface area contributed by atoms with Crippen molar-refractivity contribution in [1.29, 1.82) is 0 Å². The Morgan fingerprint density at radius 1 is 0.853 bits per heavy atom. The molecule has 0 saturated carbocycles. The summed E-state index contributed by atoms with van der Waals surface area (Å²) in [5, 5.41) is 9.30. The summed E-state index contributed by atoms with van der Waals surface area (Å²) >= 11 is 0. The van der Waals surface area contributed by atoms with E-state index in [0.717, 1.165) is 0 Å². The minimum absolute atomic E-state index is 0.0252. The quantitative estimate of drug-likeness (QED) is 0.273. The first-order valence-electron chi connectivity index (χ1n) is 10.4. The normalized spacial score (nSPS) is 11.1. The SMILES string of the molecule is COc1ccc(/C=C(/NC(=O)c2ccccc2)C(=O)N/N=C\c2ccc(NC(C)=O)cc2)cc1. The van der Waals surface area contributed by atoms with Crippen LogP contribution < -0.4 is 20.8 Å². The van der Waals surface area contributed by atoms with Crippen LogP contribution in [0.1, 0.15) is 28.4 Å². The number of anilines is 1. The van der Waals surface area contributed by atoms with E-state index in [4.69, 9.17) is 4.74 Å². The second-order valence-electron chi connectivity index (χ2n) is 7.15. The van der Waals surface area contributed by atoms with Crippen LogP contribution in [-0.4, -0.2) is 31.0 Å². The van der Waals surface area contributed by atoms with Gasteiger partial charge in [-0.05, 0) is 53.6 Å². The van der Waals surface area contributed by atoms with Crippen molar-refractivity contribution in [3.05, 3.63) is 101 Å². The lowest BCUT2D eigenvalue weighted by atomic mass is 10.1. The van der Waals surface area contributed by atoms with Crippen LogP contribution in [0.3, 0.4) is 0 Å². The number of hydrazone groups is 1. The molecule has 0 unspecified atom stereocenters. The molecule has 34 heavy (non-hydrogen) atoms. The van der Waals surface area contributed by atoms with Gasteiger partial charge in [0.2, 0.25) is 5.91 Å². The predicted molar refractivity (Wildman–Crippen MR) is 131 cm³/mol. The summed E-state index contributed by atoms with van der Waals surface area (Å²) in [6, 6.07) is 22.6. The topological polar surface area (TPSA) is 109 Å². The highest BCUT2D eigenvalue weighted by molar-refractivity contribution is 6.05. The van der Waals surface area contributed by atoms with Gasteiger partial charge in [-0.2, -0.15) is 5.10 Å². The van der Waals surface area contributed by atoms with Crippen molar-refractivity contribution >= 4 is 35.7 Å². The summed E-state index contributed by atoms with van der Waals surface area (Å²) in [6.45, 7) is 1.43. The fourth-order valence-electron chi connectivity index (χ4n) is 2.89. The molecule has 8 nitrogen and oxygen atoms in total. The van der Waals surface area contributed by atoms with Gasteiger partial charge in [0.05, 0.1) is 13.3 Å². The number of ether oxygens (including phenoxy) is 1. The van der Waals surface area contributed by atoms with Gasteiger partial charge in [0.1, 0.15) is 11.4 Å². The molecule has 0 atom stereocenters. The first kappa shape index (κ1) is 23.9. The minimum Gasteiger partial charge on any atom is -0.497 e. The van der Waals surface area contributed by atoms with Gasteiger partial charge in [0, 0.05) is 18.2 Å². The molecule has 0 radical (unpaired) electrons. The van der Waals surface area contributed by atoms with Crippen LogP contribution >= 0.6 is 0 Å². The highest BCUT2D eigenvalue weighted by Crippen LogP contribution is 2.14. The van der Waals surface area contributed by atoms with E-state index in [1.807, 2.05) is 0 Å². The van der Waals surface area contributed by atoms with Crippen molar-refractivity contribution in [2.24, 2.45) is 5.10 Å². The van der Waals surface area contributed by atoms with Crippen molar-refractivity contribution in [3.8, 4) is 5.75 Å². The Kier molecular flexibility index (Phi) is 8.29. The van der Waals surface area contributed by atoms with Crippen LogP contribution in [0.15, 0.2) is 89.7 Å². The van der Waals surface area contributed by atoms with Gasteiger partial charge in [-0.25, -0.2) is 5.43 Å². The maximum absolute atomic E-state index is 12.8. The molecule has 0 heterocycles. The molecule has 0 aromatic heterocycles. The number of carbonyl (C=O) groups excluding carboxylic acids is 3. The lowest BCUT2D eigenvalue weighted by molar-refractivity contribution is -0.117. The highest BCUT2D eigenvalue weighted by Gasteiger charge is 2.14. The summed E-state index contributed by atoms with van der Waals surface area (Å²) in [4.78, 5) is 36.6. The average molecular weight is 457 g/mol. The Hall–Kier alpha value is -4.72. The van der Waals surface area contributed by atoms with E-state index in [-0.39, 0.29) is 11.6 Å². The number of amides is 3. The number of carbonyl (C=O) groups is 3. The molecule has 0 fully saturated rings. The fourth-order valence-corrected chi connectivity index (χ4v) is 2.89. The van der Waals surface area contributed by atoms with E-state index in [2.05, 4.69) is 21.2 Å². The van der Waals surface area contributed by atoms with Crippen molar-refractivity contribution in [3.63, 3.8) is 0 Å². The smallest absolute Gasteiger partial charge is 0.287 e. The molecule has 8 heteroatoms. The van der Waals surface area contributed by atoms with Crippen molar-refractivity contribution in [1.82, 2.24) is 10.7 Å². The zero-order chi connectivity index (χ0) is 24.3. The van der Waals surface area contributed by atoms with Crippen molar-refractivity contribution < 1.29 is 19.1 Å². The molecule has 3 aromatic rings. The van der Waals surface area contributed by atoms with Gasteiger partial charge >= 0.3 is 0 Å². The van der Waals surface area contributed by atoms with E-state index in [9.17, 15) is 14.4 Å². The molecule has 3 N–H and O–H groups in total. The Bertz CT molecular complexity index is 1200. The number of hydrogen-bond acceptors (Lipinski definition) is 5. The van der Waals surface area contributed by atoms with E-state index in [0.29, 0.717) is 28.1 Å². The van der Waals surface area contributed by atoms with Crippen molar-refractivity contribution in [2.75, 3.05) is 12.4 Å². The number of nitrogens with zero attached hydrogens (tertiary/aromatic N) is 1. The van der Waals surface area contributed by atoms with Gasteiger partial charge in [-0.3, -0.25) is 14.4 Å². The molecule has 172 valence electrons. The first-order chi connectivity index (χ1) is 16.4. The third-order valence-corrected chi connectivity index (χ3v) is 4.57. The molecule has 3 aromatic carbocycles. The molecule has 3 amide bonds. The molecule has 0 aliphatic rings. The third-order valence-electron chi connectivity index (χ3n) is 4.57. The number of nitrogens with one attached hydrogen (secondary N) is 3. The number of hydrogen-bond donors (Lipinski definition) is 3. The van der Waals surface area contributed by atoms with E-state index in [1.165, 1.54) is 13.1 Å². The molecular weight excluding hydrogens is 432 g/mol. The summed E-state index contributed by atoms with van der Waals surface area (Å²) < 4.78 is 5.16. The lowest BCUT2D eigenvalue weighted by Gasteiger charge is -2.09. The van der Waals surface area contributed by atoms with Gasteiger partial charge < -0.3 is 15.4 Å². The maximum atomic E-state index is 12.8. The fraction of sp³-hybridized carbons (Fsp3) is 0.0769. The third kappa shape index (κ3) is 7.16. The Balaban J connectivity index is 1.75. The zero-order valence-corrected chi connectivity index (χ0v) is 18.7. The van der Waals surface area contributed by atoms with Gasteiger partial charge in [-0.1, -0.05) is 42.5 Å². The second kappa shape index (κ2) is 11.8. The van der Waals surface area contributed by atoms with Crippen LogP contribution in [0.25, 0.3) is 6.08 Å². The number of benzene rings is 3. The predicted octanol–water partition coefficient (Wildman–Crippen LogP) is 3.57. The molecule has 0 bridgehead atoms. The van der Waals surface area contributed by atoms with Crippen LogP contribution in [0.4, 0.5) is 5.69 Å². The maximum Gasteiger partial charge on any atom is 0.287 e. The van der Waals surface area contributed by atoms with Crippen LogP contribution in [-0.2, 0) is 9.59 Å². The van der Waals surface area contributed by atoms with E-state index < -0.39 is 11.8 Å². The van der Waals surface area contributed by atoms with Gasteiger partial charge in [0.15, 0.2) is 0 Å². The monoisotopic (exact) mass is 456 g/mol. The Morgan fingerprint density at radius 2 is 1.50 bits per heavy atom. The number of rotatable bonds is 8. The van der Waals surface area contributed by atoms with E-state index in [1.54, 1.807) is 92.0 Å². The molecule has 0 aliphatic carbocycles. The Morgan fingerprint density at radius 3 is 2.12 bits per heavy atom. The standard InChI is InChI=1S/C26H24N4O4/c1-18(31)28-22-12-8-20(9-13-22)17-27-30-26(33)24(16-19-10-14-23(34-2)15-11-19)29-25(32)21-6-4-3-5-7-21/h3-17H,1-2H3,(H,28,31)(H,29,32)(H,30,33)/b24-16+,27-17-. The average Bonchev–Trinajstić information content (AvgIpc) is 2.85. The van der Waals surface area contributed by atoms with Crippen LogP contribution in [0.2, 0.25) is 0 Å². The summed E-state index contributed by atoms with van der Waals surface area (Å²) in [7, 11) is 1.56. The van der Waals surface area contributed by atoms with E-state index >= 15 is 0 Å². The second-order valence-corrected chi connectivity index (χ2v) is 7.15. The first-order valence-corrected chi connectivity index (χ1v) is 10.4. The molecule has 3 rings (SSSR count). The Labute approximate surface area is 197 Å². The van der Waals surface area contributed by atoms with Gasteiger partial charge in [0.25, 0.3) is 11.8 Å². The van der Waals surface area contributed by atoms with Crippen molar-refractivity contribution in [2.45, 2.75) is 6.92 Å². The highest BCUT2D eigenvalue weighted by atomic mass is 16.5. The largest absolute Gasteiger partial charge is 0.497 e. The molecular formula is C26H24N4O4. The molecule has 0 aliphatic heterocycles. The summed E-state index contributed by atoms with van der Waals surface area (Å²) in [5.74, 6) is -0.507.